The molecule has 0 bridgehead atoms. The minimum atomic E-state index is -3.54. The van der Waals surface area contributed by atoms with Crippen LogP contribution in [0.5, 0.6) is 0 Å². The van der Waals surface area contributed by atoms with Crippen LogP contribution in [0.4, 0.5) is 0 Å². The second-order valence-corrected chi connectivity index (χ2v) is 8.58. The maximum atomic E-state index is 12.5. The number of benzene rings is 1. The number of sulfonamides is 1. The first kappa shape index (κ1) is 16.4. The zero-order valence-electron chi connectivity index (χ0n) is 11.2. The fourth-order valence-corrected chi connectivity index (χ4v) is 5.59. The molecule has 1 aliphatic rings. The molecule has 0 radical (unpaired) electrons. The summed E-state index contributed by atoms with van der Waals surface area (Å²) in [6.45, 7) is 2.44. The van der Waals surface area contributed by atoms with E-state index in [1.165, 1.54) is 0 Å². The Labute approximate surface area is 136 Å². The van der Waals surface area contributed by atoms with Gasteiger partial charge in [-0.2, -0.15) is 0 Å². The summed E-state index contributed by atoms with van der Waals surface area (Å²) in [6.07, 6.45) is 2.86. The first-order chi connectivity index (χ1) is 9.35. The third-order valence-electron chi connectivity index (χ3n) is 3.77. The van der Waals surface area contributed by atoms with Crippen LogP contribution in [0.1, 0.15) is 24.8 Å². The molecule has 7 heteroatoms. The quantitative estimate of drug-likeness (QED) is 0.778. The molecule has 1 aromatic carbocycles. The summed E-state index contributed by atoms with van der Waals surface area (Å²) >= 11 is 6.71. The predicted octanol–water partition coefficient (Wildman–Crippen LogP) is 2.93. The smallest absolute Gasteiger partial charge is 0.241 e. The van der Waals surface area contributed by atoms with Gasteiger partial charge in [0.2, 0.25) is 10.0 Å². The van der Waals surface area contributed by atoms with Crippen molar-refractivity contribution in [3.05, 3.63) is 26.6 Å². The molecule has 0 spiro atoms. The molecule has 112 valence electrons. The lowest BCUT2D eigenvalue weighted by atomic mass is 10.1. The summed E-state index contributed by atoms with van der Waals surface area (Å²) in [6, 6.07) is 3.37. The molecule has 1 saturated carbocycles. The van der Waals surface area contributed by atoms with Crippen LogP contribution in [0.2, 0.25) is 0 Å². The van der Waals surface area contributed by atoms with Crippen LogP contribution in [0.15, 0.2) is 26.0 Å². The Kier molecular flexibility index (Phi) is 5.29. The largest absolute Gasteiger partial charge is 0.330 e. The molecule has 0 saturated heterocycles. The van der Waals surface area contributed by atoms with E-state index >= 15 is 0 Å². The number of halogens is 2. The third kappa shape index (κ3) is 3.44. The summed E-state index contributed by atoms with van der Waals surface area (Å²) in [5.41, 5.74) is 6.69. The van der Waals surface area contributed by atoms with E-state index in [0.29, 0.717) is 11.0 Å². The van der Waals surface area contributed by atoms with Gasteiger partial charge in [0.25, 0.3) is 0 Å². The Balaban J connectivity index is 2.29. The molecule has 3 N–H and O–H groups in total. The van der Waals surface area contributed by atoms with Crippen molar-refractivity contribution in [1.82, 2.24) is 4.72 Å². The number of nitrogens with one attached hydrogen (secondary N) is 1. The van der Waals surface area contributed by atoms with E-state index in [4.69, 9.17) is 5.73 Å². The SMILES string of the molecule is Cc1cc(Br)c(S(=O)(=O)NC2CCCC2CN)cc1Br. The van der Waals surface area contributed by atoms with E-state index in [9.17, 15) is 8.42 Å². The van der Waals surface area contributed by atoms with Crippen molar-refractivity contribution in [2.75, 3.05) is 6.54 Å². The minimum Gasteiger partial charge on any atom is -0.330 e. The summed E-state index contributed by atoms with van der Waals surface area (Å²) in [7, 11) is -3.54. The molecule has 1 fully saturated rings. The second kappa shape index (κ2) is 6.44. The van der Waals surface area contributed by atoms with Gasteiger partial charge in [-0.25, -0.2) is 13.1 Å². The Hall–Kier alpha value is 0.0500. The molecule has 1 aliphatic carbocycles. The first-order valence-electron chi connectivity index (χ1n) is 6.53. The minimum absolute atomic E-state index is 0.0584. The molecule has 0 aliphatic heterocycles. The Bertz CT molecular complexity index is 605. The van der Waals surface area contributed by atoms with Crippen molar-refractivity contribution in [2.24, 2.45) is 11.7 Å². The molecule has 4 nitrogen and oxygen atoms in total. The lowest BCUT2D eigenvalue weighted by Gasteiger charge is -2.20. The number of hydrogen-bond acceptors (Lipinski definition) is 3. The highest BCUT2D eigenvalue weighted by Gasteiger charge is 2.31. The highest BCUT2D eigenvalue weighted by molar-refractivity contribution is 9.11. The Morgan fingerprint density at radius 1 is 1.30 bits per heavy atom. The molecule has 2 unspecified atom stereocenters. The standard InChI is InChI=1S/C13H18Br2N2O2S/c1-8-5-11(15)13(6-10(8)14)20(18,19)17-12-4-2-3-9(12)7-16/h5-6,9,12,17H,2-4,7,16H2,1H3. The van der Waals surface area contributed by atoms with Gasteiger partial charge in [0.1, 0.15) is 0 Å². The van der Waals surface area contributed by atoms with Gasteiger partial charge in [-0.3, -0.25) is 0 Å². The molecule has 0 aromatic heterocycles. The lowest BCUT2D eigenvalue weighted by Crippen LogP contribution is -2.39. The van der Waals surface area contributed by atoms with Gasteiger partial charge in [-0.05, 0) is 65.9 Å². The first-order valence-corrected chi connectivity index (χ1v) is 9.60. The van der Waals surface area contributed by atoms with Crippen LogP contribution in [0.3, 0.4) is 0 Å². The van der Waals surface area contributed by atoms with E-state index in [0.717, 1.165) is 29.3 Å². The zero-order chi connectivity index (χ0) is 14.9. The molecule has 0 amide bonds. The van der Waals surface area contributed by atoms with Crippen LogP contribution in [0, 0.1) is 12.8 Å². The Morgan fingerprint density at radius 2 is 2.00 bits per heavy atom. The summed E-state index contributed by atoms with van der Waals surface area (Å²) in [5.74, 6) is 0.234. The van der Waals surface area contributed by atoms with Crippen LogP contribution in [-0.2, 0) is 10.0 Å². The molecular formula is C13H18Br2N2O2S. The number of nitrogens with two attached hydrogens (primary N) is 1. The van der Waals surface area contributed by atoms with Gasteiger partial charge in [0.05, 0.1) is 4.90 Å². The topological polar surface area (TPSA) is 72.2 Å². The van der Waals surface area contributed by atoms with Crippen LogP contribution in [0.25, 0.3) is 0 Å². The van der Waals surface area contributed by atoms with Gasteiger partial charge in [0.15, 0.2) is 0 Å². The van der Waals surface area contributed by atoms with E-state index in [1.54, 1.807) is 12.1 Å². The van der Waals surface area contributed by atoms with E-state index < -0.39 is 10.0 Å². The summed E-state index contributed by atoms with van der Waals surface area (Å²) < 4.78 is 29.2. The van der Waals surface area contributed by atoms with E-state index in [-0.39, 0.29) is 16.9 Å². The van der Waals surface area contributed by atoms with E-state index in [2.05, 4.69) is 36.6 Å². The monoisotopic (exact) mass is 424 g/mol. The highest BCUT2D eigenvalue weighted by atomic mass is 79.9. The molecule has 20 heavy (non-hydrogen) atoms. The maximum Gasteiger partial charge on any atom is 0.241 e. The van der Waals surface area contributed by atoms with Crippen LogP contribution < -0.4 is 10.5 Å². The fraction of sp³-hybridized carbons (Fsp3) is 0.538. The highest BCUT2D eigenvalue weighted by Crippen LogP contribution is 2.31. The second-order valence-electron chi connectivity index (χ2n) is 5.19. The zero-order valence-corrected chi connectivity index (χ0v) is 15.2. The molecule has 1 aromatic rings. The number of hydrogen-bond donors (Lipinski definition) is 2. The molecule has 2 atom stereocenters. The summed E-state index contributed by atoms with van der Waals surface area (Å²) in [4.78, 5) is 0.262. The van der Waals surface area contributed by atoms with Crippen LogP contribution >= 0.6 is 31.9 Å². The average molecular weight is 426 g/mol. The van der Waals surface area contributed by atoms with Gasteiger partial charge in [0, 0.05) is 15.0 Å². The van der Waals surface area contributed by atoms with Crippen LogP contribution in [-0.4, -0.2) is 21.0 Å². The summed E-state index contributed by atoms with van der Waals surface area (Å²) in [5, 5.41) is 0. The van der Waals surface area contributed by atoms with Gasteiger partial charge in [-0.15, -0.1) is 0 Å². The van der Waals surface area contributed by atoms with Gasteiger partial charge < -0.3 is 5.73 Å². The van der Waals surface area contributed by atoms with Crippen molar-refractivity contribution in [2.45, 2.75) is 37.1 Å². The van der Waals surface area contributed by atoms with Crippen molar-refractivity contribution >= 4 is 41.9 Å². The van der Waals surface area contributed by atoms with Crippen molar-refractivity contribution in [3.63, 3.8) is 0 Å². The third-order valence-corrected chi connectivity index (χ3v) is 7.07. The van der Waals surface area contributed by atoms with Crippen molar-refractivity contribution in [3.8, 4) is 0 Å². The molecule has 2 rings (SSSR count). The van der Waals surface area contributed by atoms with E-state index in [1.807, 2.05) is 6.92 Å². The maximum absolute atomic E-state index is 12.5. The number of rotatable bonds is 4. The molecular weight excluding hydrogens is 408 g/mol. The number of aryl methyl sites for hydroxylation is 1. The molecule has 0 heterocycles. The fourth-order valence-electron chi connectivity index (χ4n) is 2.57. The van der Waals surface area contributed by atoms with Gasteiger partial charge >= 0.3 is 0 Å². The van der Waals surface area contributed by atoms with Gasteiger partial charge in [-0.1, -0.05) is 22.4 Å². The van der Waals surface area contributed by atoms with Crippen molar-refractivity contribution in [1.29, 1.82) is 0 Å². The van der Waals surface area contributed by atoms with Crippen molar-refractivity contribution < 1.29 is 8.42 Å². The lowest BCUT2D eigenvalue weighted by molar-refractivity contribution is 0.452. The normalized spacial score (nSPS) is 23.2. The predicted molar refractivity (Wildman–Crippen MR) is 87.1 cm³/mol. The Morgan fingerprint density at radius 3 is 2.65 bits per heavy atom. The average Bonchev–Trinajstić information content (AvgIpc) is 2.80.